The second-order valence-corrected chi connectivity index (χ2v) is 8.40. The first-order valence-corrected chi connectivity index (χ1v) is 11.1. The minimum Gasteiger partial charge on any atom is -0.383 e. The van der Waals surface area contributed by atoms with Crippen molar-refractivity contribution in [1.29, 1.82) is 0 Å². The Morgan fingerprint density at radius 2 is 1.92 bits per heavy atom. The van der Waals surface area contributed by atoms with Crippen molar-refractivity contribution in [3.63, 3.8) is 0 Å². The Morgan fingerprint density at radius 1 is 1.11 bits per heavy atom. The van der Waals surface area contributed by atoms with Crippen molar-refractivity contribution < 1.29 is 14.0 Å². The van der Waals surface area contributed by atoms with Crippen LogP contribution in [0, 0.1) is 5.82 Å². The van der Waals surface area contributed by atoms with E-state index in [0.29, 0.717) is 39.1 Å². The van der Waals surface area contributed by atoms with Crippen LogP contribution in [0.4, 0.5) is 10.2 Å². The Hall–Kier alpha value is -4.80. The number of carbonyl (C=O) groups is 2. The lowest BCUT2D eigenvalue weighted by atomic mass is 10.1. The Kier molecular flexibility index (Phi) is 5.59. The number of fused-ring (bicyclic) bond motifs is 3. The second-order valence-electron chi connectivity index (χ2n) is 8.40. The molecule has 0 aliphatic carbocycles. The van der Waals surface area contributed by atoms with E-state index in [1.54, 1.807) is 60.5 Å². The first kappa shape index (κ1) is 23.0. The molecule has 0 bridgehead atoms. The van der Waals surface area contributed by atoms with E-state index in [1.807, 2.05) is 0 Å². The monoisotopic (exact) mass is 486 g/mol. The number of nitrogens with zero attached hydrogens (tertiary/aromatic N) is 7. The van der Waals surface area contributed by atoms with Gasteiger partial charge in [0.2, 0.25) is 5.91 Å². The molecule has 2 N–H and O–H groups in total. The van der Waals surface area contributed by atoms with Crippen LogP contribution in [0.1, 0.15) is 23.0 Å². The quantitative estimate of drug-likeness (QED) is 0.391. The van der Waals surface area contributed by atoms with Gasteiger partial charge in [0.25, 0.3) is 5.91 Å². The molecule has 0 unspecified atom stereocenters. The van der Waals surface area contributed by atoms with Crippen molar-refractivity contribution >= 4 is 39.4 Å². The molecule has 0 saturated heterocycles. The number of aromatic nitrogens is 5. The molecule has 5 rings (SSSR count). The van der Waals surface area contributed by atoms with Crippen LogP contribution in [0.2, 0.25) is 0 Å². The number of rotatable bonds is 4. The van der Waals surface area contributed by atoms with Gasteiger partial charge in [0.15, 0.2) is 0 Å². The number of pyridine rings is 1. The van der Waals surface area contributed by atoms with Gasteiger partial charge in [0, 0.05) is 38.2 Å². The van der Waals surface area contributed by atoms with Gasteiger partial charge in [0.05, 0.1) is 40.5 Å². The Bertz CT molecular complexity index is 1640. The number of hydrazine groups is 1. The smallest absolute Gasteiger partial charge is 0.272 e. The van der Waals surface area contributed by atoms with E-state index < -0.39 is 5.91 Å². The first-order valence-electron chi connectivity index (χ1n) is 11.1. The van der Waals surface area contributed by atoms with E-state index in [1.165, 1.54) is 40.8 Å². The van der Waals surface area contributed by atoms with E-state index in [2.05, 4.69) is 15.2 Å². The Morgan fingerprint density at radius 3 is 2.67 bits per heavy atom. The molecule has 0 radical (unpaired) electrons. The van der Waals surface area contributed by atoms with Gasteiger partial charge in [-0.3, -0.25) is 19.3 Å². The molecule has 2 amide bonds. The van der Waals surface area contributed by atoms with Gasteiger partial charge >= 0.3 is 0 Å². The van der Waals surface area contributed by atoms with Crippen molar-refractivity contribution in [2.45, 2.75) is 13.5 Å². The molecule has 0 atom stereocenters. The number of anilines is 1. The molecule has 0 saturated carbocycles. The third-order valence-corrected chi connectivity index (χ3v) is 6.04. The van der Waals surface area contributed by atoms with Crippen LogP contribution in [-0.4, -0.2) is 53.4 Å². The topological polar surface area (TPSA) is 115 Å². The lowest BCUT2D eigenvalue weighted by Crippen LogP contribution is -2.46. The van der Waals surface area contributed by atoms with Gasteiger partial charge in [-0.15, -0.1) is 0 Å². The van der Waals surface area contributed by atoms with Crippen LogP contribution in [0.15, 0.2) is 60.9 Å². The average Bonchev–Trinajstić information content (AvgIpc) is 3.49. The molecule has 5 aromatic rings. The third-order valence-electron chi connectivity index (χ3n) is 6.04. The fourth-order valence-corrected chi connectivity index (χ4v) is 4.09. The van der Waals surface area contributed by atoms with E-state index in [4.69, 9.17) is 5.73 Å². The second kappa shape index (κ2) is 8.77. The number of hydrogen-bond donors (Lipinski definition) is 1. The van der Waals surface area contributed by atoms with E-state index in [9.17, 15) is 14.0 Å². The number of hydrogen-bond acceptors (Lipinski definition) is 6. The van der Waals surface area contributed by atoms with Gasteiger partial charge < -0.3 is 5.73 Å². The summed E-state index contributed by atoms with van der Waals surface area (Å²) in [5.41, 5.74) is 8.88. The van der Waals surface area contributed by atoms with Crippen LogP contribution in [-0.2, 0) is 18.4 Å². The molecule has 10 nitrogen and oxygen atoms in total. The highest BCUT2D eigenvalue weighted by Gasteiger charge is 2.24. The number of carbonyl (C=O) groups excluding carboxylic acids is 2. The zero-order valence-electron chi connectivity index (χ0n) is 19.9. The maximum absolute atomic E-state index is 13.7. The number of amides is 2. The molecule has 0 aliphatic heterocycles. The molecule has 3 aromatic heterocycles. The van der Waals surface area contributed by atoms with Crippen LogP contribution in [0.25, 0.3) is 27.5 Å². The molecule has 0 aliphatic rings. The Labute approximate surface area is 205 Å². The van der Waals surface area contributed by atoms with Crippen LogP contribution < -0.4 is 5.73 Å². The van der Waals surface area contributed by atoms with Gasteiger partial charge in [-0.1, -0.05) is 6.07 Å². The summed E-state index contributed by atoms with van der Waals surface area (Å²) in [7, 11) is 3.31. The van der Waals surface area contributed by atoms with E-state index in [-0.39, 0.29) is 18.3 Å². The highest BCUT2D eigenvalue weighted by atomic mass is 19.1. The third kappa shape index (κ3) is 4.00. The SMILES string of the molecule is CC(=O)N(C)N(Cc1ccn(-c2cccc(F)c2)n1)C(=O)c1ccc2nc(N)c3cnn(C)c3c2c1. The Balaban J connectivity index is 1.52. The summed E-state index contributed by atoms with van der Waals surface area (Å²) in [6.45, 7) is 1.40. The summed E-state index contributed by atoms with van der Waals surface area (Å²) < 4.78 is 16.8. The lowest BCUT2D eigenvalue weighted by Gasteiger charge is -2.30. The van der Waals surface area contributed by atoms with Gasteiger partial charge in [-0.2, -0.15) is 10.2 Å². The zero-order chi connectivity index (χ0) is 25.6. The molecule has 11 heteroatoms. The molecule has 36 heavy (non-hydrogen) atoms. The van der Waals surface area contributed by atoms with Gasteiger partial charge in [-0.25, -0.2) is 19.1 Å². The maximum Gasteiger partial charge on any atom is 0.272 e. The number of halogens is 1. The summed E-state index contributed by atoms with van der Waals surface area (Å²) in [6, 6.07) is 12.8. The minimum absolute atomic E-state index is 0.0242. The standard InChI is InChI=1S/C25H23FN8O2/c1-15(35)32(3)34(14-18-9-10-33(30-18)19-6-4-5-17(26)12-19)25(36)16-7-8-22-20(11-16)23-21(24(27)29-22)13-28-31(23)2/h4-13H,14H2,1-3H3,(H2,27,29). The normalized spacial score (nSPS) is 11.2. The summed E-state index contributed by atoms with van der Waals surface area (Å²) in [6.07, 6.45) is 3.31. The maximum atomic E-state index is 13.7. The van der Waals surface area contributed by atoms with Crippen LogP contribution >= 0.6 is 0 Å². The number of nitrogen functional groups attached to an aromatic ring is 1. The molecule has 182 valence electrons. The minimum atomic E-state index is -0.401. The molecule has 3 heterocycles. The summed E-state index contributed by atoms with van der Waals surface area (Å²) >= 11 is 0. The first-order chi connectivity index (χ1) is 17.2. The van der Waals surface area contributed by atoms with Crippen LogP contribution in [0.3, 0.4) is 0 Å². The molecule has 0 fully saturated rings. The van der Waals surface area contributed by atoms with Crippen LogP contribution in [0.5, 0.6) is 0 Å². The highest BCUT2D eigenvalue weighted by molar-refractivity contribution is 6.10. The molecular weight excluding hydrogens is 463 g/mol. The van der Waals surface area contributed by atoms with Crippen molar-refractivity contribution in [1.82, 2.24) is 34.6 Å². The van der Waals surface area contributed by atoms with E-state index in [0.717, 1.165) is 5.52 Å². The van der Waals surface area contributed by atoms with Gasteiger partial charge in [0.1, 0.15) is 11.6 Å². The lowest BCUT2D eigenvalue weighted by molar-refractivity contribution is -0.140. The highest BCUT2D eigenvalue weighted by Crippen LogP contribution is 2.28. The number of aryl methyl sites for hydroxylation is 1. The fourth-order valence-electron chi connectivity index (χ4n) is 4.09. The fraction of sp³-hybridized carbons (Fsp3) is 0.160. The average molecular weight is 487 g/mol. The molecule has 2 aromatic carbocycles. The predicted octanol–water partition coefficient (Wildman–Crippen LogP) is 3.06. The summed E-state index contributed by atoms with van der Waals surface area (Å²) in [5, 5.41) is 12.7. The largest absolute Gasteiger partial charge is 0.383 e. The molecular formula is C25H23FN8O2. The summed E-state index contributed by atoms with van der Waals surface area (Å²) in [5.74, 6) is -0.747. The van der Waals surface area contributed by atoms with Crippen molar-refractivity contribution in [3.05, 3.63) is 78.0 Å². The van der Waals surface area contributed by atoms with Crippen molar-refractivity contribution in [2.75, 3.05) is 12.8 Å². The predicted molar refractivity (Wildman–Crippen MR) is 132 cm³/mol. The number of benzene rings is 2. The van der Waals surface area contributed by atoms with Crippen molar-refractivity contribution in [3.8, 4) is 5.69 Å². The van der Waals surface area contributed by atoms with Crippen molar-refractivity contribution in [2.24, 2.45) is 7.05 Å². The molecule has 0 spiro atoms. The summed E-state index contributed by atoms with van der Waals surface area (Å²) in [4.78, 5) is 30.3. The van der Waals surface area contributed by atoms with Gasteiger partial charge in [-0.05, 0) is 42.5 Å². The zero-order valence-corrected chi connectivity index (χ0v) is 19.9. The van der Waals surface area contributed by atoms with E-state index >= 15 is 0 Å². The number of nitrogens with two attached hydrogens (primary N) is 1.